The minimum atomic E-state index is -3.46. The van der Waals surface area contributed by atoms with Crippen LogP contribution in [-0.2, 0) is 17.1 Å². The first kappa shape index (κ1) is 18.7. The van der Waals surface area contributed by atoms with Crippen molar-refractivity contribution in [2.75, 3.05) is 11.0 Å². The Labute approximate surface area is 155 Å². The maximum Gasteiger partial charge on any atom is 0.250 e. The van der Waals surface area contributed by atoms with Gasteiger partial charge in [-0.2, -0.15) is 0 Å². The van der Waals surface area contributed by atoms with Gasteiger partial charge in [-0.1, -0.05) is 6.07 Å². The van der Waals surface area contributed by atoms with Gasteiger partial charge in [-0.25, -0.2) is 12.8 Å². The molecule has 0 amide bonds. The Kier molecular flexibility index (Phi) is 5.00. The van der Waals surface area contributed by atoms with Crippen molar-refractivity contribution in [3.05, 3.63) is 77.0 Å². The summed E-state index contributed by atoms with van der Waals surface area (Å²) < 4.78 is 46.1. The molecule has 2 aromatic carbocycles. The van der Waals surface area contributed by atoms with E-state index in [0.717, 1.165) is 6.26 Å². The molecule has 0 saturated carbocycles. The Bertz CT molecular complexity index is 1160. The smallest absolute Gasteiger partial charge is 0.250 e. The van der Waals surface area contributed by atoms with E-state index in [1.807, 2.05) is 0 Å². The molecule has 3 aromatic rings. The molecule has 0 aliphatic rings. The molecule has 6 nitrogen and oxygen atoms in total. The van der Waals surface area contributed by atoms with Gasteiger partial charge < -0.3 is 9.30 Å². The summed E-state index contributed by atoms with van der Waals surface area (Å²) in [5.41, 5.74) is 1.34. The highest BCUT2D eigenvalue weighted by Gasteiger charge is 2.12. The molecule has 0 aliphatic heterocycles. The number of aryl methyl sites for hydroxylation is 1. The molecule has 3 rings (SSSR count). The molecule has 1 heterocycles. The van der Waals surface area contributed by atoms with Crippen molar-refractivity contribution in [1.29, 1.82) is 0 Å². The second-order valence-electron chi connectivity index (χ2n) is 6.01. The van der Waals surface area contributed by atoms with E-state index >= 15 is 0 Å². The van der Waals surface area contributed by atoms with E-state index < -0.39 is 15.8 Å². The summed E-state index contributed by atoms with van der Waals surface area (Å²) in [6.45, 7) is 0. The van der Waals surface area contributed by atoms with Gasteiger partial charge in [0, 0.05) is 42.2 Å². The Morgan fingerprint density at radius 2 is 1.85 bits per heavy atom. The number of ether oxygens (including phenoxy) is 1. The van der Waals surface area contributed by atoms with Gasteiger partial charge in [-0.05, 0) is 36.4 Å². The van der Waals surface area contributed by atoms with Gasteiger partial charge in [0.25, 0.3) is 0 Å². The minimum Gasteiger partial charge on any atom is -0.457 e. The summed E-state index contributed by atoms with van der Waals surface area (Å²) in [7, 11) is -1.86. The second kappa shape index (κ2) is 7.24. The number of pyridine rings is 1. The van der Waals surface area contributed by atoms with Crippen molar-refractivity contribution < 1.29 is 17.5 Å². The third-order valence-electron chi connectivity index (χ3n) is 3.70. The molecule has 0 unspecified atom stereocenters. The van der Waals surface area contributed by atoms with Gasteiger partial charge in [0.15, 0.2) is 0 Å². The molecular formula is C19H17FN2O4S. The van der Waals surface area contributed by atoms with E-state index in [0.29, 0.717) is 28.3 Å². The zero-order valence-electron chi connectivity index (χ0n) is 14.6. The van der Waals surface area contributed by atoms with Gasteiger partial charge in [0.1, 0.15) is 17.3 Å². The molecule has 0 fully saturated rings. The number of anilines is 1. The molecule has 27 heavy (non-hydrogen) atoms. The van der Waals surface area contributed by atoms with Gasteiger partial charge in [-0.15, -0.1) is 0 Å². The number of hydrogen-bond acceptors (Lipinski definition) is 4. The van der Waals surface area contributed by atoms with Crippen molar-refractivity contribution in [3.63, 3.8) is 0 Å². The van der Waals surface area contributed by atoms with Crippen molar-refractivity contribution >= 4 is 15.7 Å². The number of aromatic nitrogens is 1. The maximum absolute atomic E-state index is 13.4. The summed E-state index contributed by atoms with van der Waals surface area (Å²) >= 11 is 0. The number of hydrogen-bond donors (Lipinski definition) is 1. The lowest BCUT2D eigenvalue weighted by atomic mass is 10.1. The fourth-order valence-corrected chi connectivity index (χ4v) is 3.09. The molecule has 0 bridgehead atoms. The summed E-state index contributed by atoms with van der Waals surface area (Å²) in [6.07, 6.45) is 2.66. The lowest BCUT2D eigenvalue weighted by Crippen LogP contribution is -2.14. The van der Waals surface area contributed by atoms with Crippen molar-refractivity contribution in [2.45, 2.75) is 0 Å². The Morgan fingerprint density at radius 3 is 2.52 bits per heavy atom. The highest BCUT2D eigenvalue weighted by atomic mass is 32.2. The van der Waals surface area contributed by atoms with Gasteiger partial charge in [0.05, 0.1) is 6.26 Å². The maximum atomic E-state index is 13.4. The number of sulfonamides is 1. The third kappa shape index (κ3) is 4.73. The molecule has 0 radical (unpaired) electrons. The normalized spacial score (nSPS) is 11.2. The van der Waals surface area contributed by atoms with Crippen molar-refractivity contribution in [3.8, 4) is 22.6 Å². The van der Waals surface area contributed by atoms with Crippen LogP contribution in [0, 0.1) is 5.82 Å². The van der Waals surface area contributed by atoms with E-state index in [1.54, 1.807) is 43.6 Å². The van der Waals surface area contributed by atoms with Crippen LogP contribution in [0.1, 0.15) is 0 Å². The van der Waals surface area contributed by atoms with E-state index in [4.69, 9.17) is 4.74 Å². The second-order valence-corrected chi connectivity index (χ2v) is 7.76. The molecule has 1 aromatic heterocycles. The van der Waals surface area contributed by atoms with Crippen LogP contribution in [0.5, 0.6) is 11.5 Å². The highest BCUT2D eigenvalue weighted by molar-refractivity contribution is 7.92. The standard InChI is InChI=1S/C19H17FN2O4S/c1-22-12-13(6-9-19(22)23)17-11-15(21-27(2,24)25)7-8-18(17)26-16-5-3-4-14(20)10-16/h3-12,21H,1-2H3. The Morgan fingerprint density at radius 1 is 1.07 bits per heavy atom. The zero-order chi connectivity index (χ0) is 19.6. The predicted molar refractivity (Wildman–Crippen MR) is 102 cm³/mol. The van der Waals surface area contributed by atoms with E-state index in [9.17, 15) is 17.6 Å². The first-order valence-electron chi connectivity index (χ1n) is 7.93. The molecule has 1 N–H and O–H groups in total. The summed E-state index contributed by atoms with van der Waals surface area (Å²) in [5.74, 6) is 0.245. The summed E-state index contributed by atoms with van der Waals surface area (Å²) in [6, 6.07) is 13.4. The fourth-order valence-electron chi connectivity index (χ4n) is 2.53. The first-order valence-corrected chi connectivity index (χ1v) is 9.83. The van der Waals surface area contributed by atoms with Crippen LogP contribution in [0.2, 0.25) is 0 Å². The van der Waals surface area contributed by atoms with Crippen LogP contribution in [0.4, 0.5) is 10.1 Å². The average molecular weight is 388 g/mol. The topological polar surface area (TPSA) is 77.4 Å². The van der Waals surface area contributed by atoms with Gasteiger partial charge in [-0.3, -0.25) is 9.52 Å². The summed E-state index contributed by atoms with van der Waals surface area (Å²) in [4.78, 5) is 11.7. The lowest BCUT2D eigenvalue weighted by molar-refractivity contribution is 0.478. The van der Waals surface area contributed by atoms with E-state index in [1.165, 1.54) is 28.8 Å². The molecule has 0 saturated heterocycles. The lowest BCUT2D eigenvalue weighted by Gasteiger charge is -2.14. The number of halogens is 1. The van der Waals surface area contributed by atoms with Crippen molar-refractivity contribution in [2.24, 2.45) is 7.05 Å². The highest BCUT2D eigenvalue weighted by Crippen LogP contribution is 2.35. The van der Waals surface area contributed by atoms with Crippen LogP contribution >= 0.6 is 0 Å². The average Bonchev–Trinajstić information content (AvgIpc) is 2.57. The molecule has 140 valence electrons. The van der Waals surface area contributed by atoms with E-state index in [2.05, 4.69) is 4.72 Å². The Hall–Kier alpha value is -3.13. The zero-order valence-corrected chi connectivity index (χ0v) is 15.5. The number of benzene rings is 2. The van der Waals surface area contributed by atoms with Crippen LogP contribution in [0.25, 0.3) is 11.1 Å². The number of rotatable bonds is 5. The van der Waals surface area contributed by atoms with Crippen LogP contribution in [0.15, 0.2) is 65.6 Å². The molecular weight excluding hydrogens is 371 g/mol. The molecule has 8 heteroatoms. The SMILES string of the molecule is Cn1cc(-c2cc(NS(C)(=O)=O)ccc2Oc2cccc(F)c2)ccc1=O. The molecule has 0 atom stereocenters. The van der Waals surface area contributed by atoms with Gasteiger partial charge in [0.2, 0.25) is 15.6 Å². The fraction of sp³-hybridized carbons (Fsp3) is 0.105. The number of nitrogens with zero attached hydrogens (tertiary/aromatic N) is 1. The van der Waals surface area contributed by atoms with E-state index in [-0.39, 0.29) is 5.56 Å². The van der Waals surface area contributed by atoms with Crippen LogP contribution in [0.3, 0.4) is 0 Å². The molecule has 0 aliphatic carbocycles. The monoisotopic (exact) mass is 388 g/mol. The van der Waals surface area contributed by atoms with Crippen molar-refractivity contribution in [1.82, 2.24) is 4.57 Å². The van der Waals surface area contributed by atoms with Crippen LogP contribution < -0.4 is 15.0 Å². The Balaban J connectivity index is 2.11. The third-order valence-corrected chi connectivity index (χ3v) is 4.31. The summed E-state index contributed by atoms with van der Waals surface area (Å²) in [5, 5.41) is 0. The predicted octanol–water partition coefficient (Wildman–Crippen LogP) is 3.36. The largest absolute Gasteiger partial charge is 0.457 e. The number of nitrogens with one attached hydrogen (secondary N) is 1. The van der Waals surface area contributed by atoms with Gasteiger partial charge >= 0.3 is 0 Å². The molecule has 0 spiro atoms. The van der Waals surface area contributed by atoms with Crippen LogP contribution in [-0.4, -0.2) is 19.2 Å². The quantitative estimate of drug-likeness (QED) is 0.727. The minimum absolute atomic E-state index is 0.184. The first-order chi connectivity index (χ1) is 12.7.